The van der Waals surface area contributed by atoms with Crippen molar-refractivity contribution < 1.29 is 4.74 Å². The summed E-state index contributed by atoms with van der Waals surface area (Å²) in [6.45, 7) is 3.83. The van der Waals surface area contributed by atoms with Gasteiger partial charge in [0, 0.05) is 31.5 Å². The van der Waals surface area contributed by atoms with E-state index in [2.05, 4.69) is 27.4 Å². The number of aromatic nitrogens is 4. The second-order valence-electron chi connectivity index (χ2n) is 4.34. The lowest BCUT2D eigenvalue weighted by Crippen LogP contribution is -2.21. The second-order valence-corrected chi connectivity index (χ2v) is 4.34. The zero-order valence-corrected chi connectivity index (χ0v) is 9.71. The van der Waals surface area contributed by atoms with Gasteiger partial charge in [0.05, 0.1) is 6.10 Å². The predicted octanol–water partition coefficient (Wildman–Crippen LogP) is 0.961. The number of nitrogens with one attached hydrogen (secondary N) is 1. The summed E-state index contributed by atoms with van der Waals surface area (Å²) in [5.41, 5.74) is 0.763. The molecule has 0 aromatic carbocycles. The highest BCUT2D eigenvalue weighted by Gasteiger charge is 2.24. The molecule has 2 unspecified atom stereocenters. The number of rotatable bonds is 3. The third kappa shape index (κ3) is 1.95. The minimum Gasteiger partial charge on any atom is -0.378 e. The second kappa shape index (κ2) is 4.29. The highest BCUT2D eigenvalue weighted by molar-refractivity contribution is 5.61. The Morgan fingerprint density at radius 1 is 1.59 bits per heavy atom. The molecule has 0 spiro atoms. The van der Waals surface area contributed by atoms with Crippen molar-refractivity contribution >= 4 is 11.5 Å². The lowest BCUT2D eigenvalue weighted by atomic mass is 10.0. The van der Waals surface area contributed by atoms with E-state index in [4.69, 9.17) is 4.74 Å². The summed E-state index contributed by atoms with van der Waals surface area (Å²) in [7, 11) is 0. The first kappa shape index (κ1) is 10.5. The van der Waals surface area contributed by atoms with Crippen molar-refractivity contribution in [1.82, 2.24) is 19.6 Å². The molecule has 6 nitrogen and oxygen atoms in total. The topological polar surface area (TPSA) is 64.3 Å². The maximum atomic E-state index is 5.53. The molecule has 6 heteroatoms. The molecule has 2 aromatic rings. The van der Waals surface area contributed by atoms with Gasteiger partial charge in [0.2, 0.25) is 5.65 Å². The Morgan fingerprint density at radius 3 is 3.35 bits per heavy atom. The zero-order chi connectivity index (χ0) is 11.7. The summed E-state index contributed by atoms with van der Waals surface area (Å²) in [6.07, 6.45) is 6.67. The fraction of sp³-hybridized carbons (Fsp3) is 0.545. The lowest BCUT2D eigenvalue weighted by Gasteiger charge is -2.15. The Bertz CT molecular complexity index is 511. The molecule has 0 saturated carbocycles. The van der Waals surface area contributed by atoms with Crippen LogP contribution in [0.3, 0.4) is 0 Å². The van der Waals surface area contributed by atoms with Gasteiger partial charge in [-0.1, -0.05) is 0 Å². The van der Waals surface area contributed by atoms with Crippen LogP contribution in [0.5, 0.6) is 0 Å². The standard InChI is InChI=1S/C11H15N5O/c1-8-9(2-5-17-8)6-13-10-11-15-14-7-16(11)4-3-12-10/h3-4,7-9H,2,5-6H2,1H3,(H,12,13). The van der Waals surface area contributed by atoms with Crippen LogP contribution in [0, 0.1) is 5.92 Å². The number of ether oxygens (including phenoxy) is 1. The molecule has 1 aliphatic rings. The summed E-state index contributed by atoms with van der Waals surface area (Å²) in [5.74, 6) is 1.32. The van der Waals surface area contributed by atoms with Crippen molar-refractivity contribution in [3.05, 3.63) is 18.7 Å². The molecule has 1 N–H and O–H groups in total. The van der Waals surface area contributed by atoms with Gasteiger partial charge < -0.3 is 10.1 Å². The molecular formula is C11H15N5O. The van der Waals surface area contributed by atoms with Crippen LogP contribution in [0.1, 0.15) is 13.3 Å². The van der Waals surface area contributed by atoms with Gasteiger partial charge in [-0.3, -0.25) is 4.40 Å². The fourth-order valence-corrected chi connectivity index (χ4v) is 2.16. The van der Waals surface area contributed by atoms with E-state index in [1.165, 1.54) is 0 Å². The molecule has 3 rings (SSSR count). The first-order valence-corrected chi connectivity index (χ1v) is 5.84. The van der Waals surface area contributed by atoms with E-state index >= 15 is 0 Å². The first-order valence-electron chi connectivity index (χ1n) is 5.84. The molecule has 1 saturated heterocycles. The minimum atomic E-state index is 0.320. The van der Waals surface area contributed by atoms with Crippen LogP contribution in [0.15, 0.2) is 18.7 Å². The number of nitrogens with zero attached hydrogens (tertiary/aromatic N) is 4. The van der Waals surface area contributed by atoms with Gasteiger partial charge in [0.25, 0.3) is 0 Å². The van der Waals surface area contributed by atoms with Gasteiger partial charge in [-0.05, 0) is 13.3 Å². The molecule has 0 bridgehead atoms. The van der Waals surface area contributed by atoms with Crippen molar-refractivity contribution in [3.63, 3.8) is 0 Å². The van der Waals surface area contributed by atoms with Gasteiger partial charge in [0.15, 0.2) is 5.82 Å². The molecule has 1 fully saturated rings. The van der Waals surface area contributed by atoms with E-state index in [9.17, 15) is 0 Å². The van der Waals surface area contributed by atoms with E-state index in [0.717, 1.165) is 31.0 Å². The Balaban J connectivity index is 1.74. The van der Waals surface area contributed by atoms with Crippen LogP contribution in [0.2, 0.25) is 0 Å². The van der Waals surface area contributed by atoms with E-state index in [0.29, 0.717) is 12.0 Å². The number of hydrogen-bond acceptors (Lipinski definition) is 5. The van der Waals surface area contributed by atoms with Crippen molar-refractivity contribution in [3.8, 4) is 0 Å². The molecule has 17 heavy (non-hydrogen) atoms. The lowest BCUT2D eigenvalue weighted by molar-refractivity contribution is 0.108. The molecule has 3 heterocycles. The van der Waals surface area contributed by atoms with Crippen LogP contribution in [-0.4, -0.2) is 38.8 Å². The first-order chi connectivity index (χ1) is 8.34. The van der Waals surface area contributed by atoms with Gasteiger partial charge in [0.1, 0.15) is 6.33 Å². The molecule has 0 radical (unpaired) electrons. The Hall–Kier alpha value is -1.69. The monoisotopic (exact) mass is 233 g/mol. The zero-order valence-electron chi connectivity index (χ0n) is 9.71. The highest BCUT2D eigenvalue weighted by atomic mass is 16.5. The van der Waals surface area contributed by atoms with Crippen LogP contribution in [0.25, 0.3) is 5.65 Å². The van der Waals surface area contributed by atoms with Gasteiger partial charge in [-0.2, -0.15) is 0 Å². The molecule has 2 aromatic heterocycles. The molecular weight excluding hydrogens is 218 g/mol. The fourth-order valence-electron chi connectivity index (χ4n) is 2.16. The average molecular weight is 233 g/mol. The van der Waals surface area contributed by atoms with Gasteiger partial charge in [-0.15, -0.1) is 10.2 Å². The maximum Gasteiger partial charge on any atom is 0.203 e. The number of fused-ring (bicyclic) bond motifs is 1. The smallest absolute Gasteiger partial charge is 0.203 e. The summed E-state index contributed by atoms with van der Waals surface area (Å²) in [6, 6.07) is 0. The highest BCUT2D eigenvalue weighted by Crippen LogP contribution is 2.21. The summed E-state index contributed by atoms with van der Waals surface area (Å²) < 4.78 is 7.38. The van der Waals surface area contributed by atoms with Crippen LogP contribution >= 0.6 is 0 Å². The Morgan fingerprint density at radius 2 is 2.53 bits per heavy atom. The van der Waals surface area contributed by atoms with E-state index in [-0.39, 0.29) is 0 Å². The summed E-state index contributed by atoms with van der Waals surface area (Å²) in [4.78, 5) is 4.29. The quantitative estimate of drug-likeness (QED) is 0.855. The van der Waals surface area contributed by atoms with Gasteiger partial charge in [-0.25, -0.2) is 4.98 Å². The van der Waals surface area contributed by atoms with E-state index in [1.54, 1.807) is 12.5 Å². The normalized spacial score (nSPS) is 24.3. The summed E-state index contributed by atoms with van der Waals surface area (Å²) >= 11 is 0. The number of anilines is 1. The van der Waals surface area contributed by atoms with E-state index in [1.807, 2.05) is 10.6 Å². The molecule has 2 atom stereocenters. The minimum absolute atomic E-state index is 0.320. The predicted molar refractivity (Wildman–Crippen MR) is 62.8 cm³/mol. The maximum absolute atomic E-state index is 5.53. The van der Waals surface area contributed by atoms with Crippen LogP contribution in [0.4, 0.5) is 5.82 Å². The molecule has 90 valence electrons. The summed E-state index contributed by atoms with van der Waals surface area (Å²) in [5, 5.41) is 11.2. The number of hydrogen-bond donors (Lipinski definition) is 1. The van der Waals surface area contributed by atoms with Crippen LogP contribution in [-0.2, 0) is 4.74 Å². The van der Waals surface area contributed by atoms with Crippen molar-refractivity contribution in [2.24, 2.45) is 5.92 Å². The molecule has 1 aliphatic heterocycles. The van der Waals surface area contributed by atoms with Crippen molar-refractivity contribution in [2.75, 3.05) is 18.5 Å². The average Bonchev–Trinajstić information content (AvgIpc) is 2.95. The molecule has 0 amide bonds. The Labute approximate surface area is 99.0 Å². The third-order valence-corrected chi connectivity index (χ3v) is 3.28. The van der Waals surface area contributed by atoms with Gasteiger partial charge >= 0.3 is 0 Å². The van der Waals surface area contributed by atoms with Crippen molar-refractivity contribution in [2.45, 2.75) is 19.4 Å². The van der Waals surface area contributed by atoms with Crippen molar-refractivity contribution in [1.29, 1.82) is 0 Å². The largest absolute Gasteiger partial charge is 0.378 e. The van der Waals surface area contributed by atoms with Crippen LogP contribution < -0.4 is 5.32 Å². The van der Waals surface area contributed by atoms with E-state index < -0.39 is 0 Å². The molecule has 0 aliphatic carbocycles. The Kier molecular flexibility index (Phi) is 2.64. The SMILES string of the molecule is CC1OCCC1CNc1nccn2cnnc12. The third-order valence-electron chi connectivity index (χ3n) is 3.28.